The predicted molar refractivity (Wildman–Crippen MR) is 94.1 cm³/mol. The smallest absolute Gasteiger partial charge is 0.330 e. The Kier molecular flexibility index (Phi) is 3.85. The summed E-state index contributed by atoms with van der Waals surface area (Å²) in [5, 5.41) is 12.0. The Labute approximate surface area is 145 Å². The molecule has 0 radical (unpaired) electrons. The van der Waals surface area contributed by atoms with Gasteiger partial charge in [0, 0.05) is 16.0 Å². The zero-order chi connectivity index (χ0) is 17.6. The Morgan fingerprint density at radius 1 is 1.25 bits per heavy atom. The highest BCUT2D eigenvalue weighted by atomic mass is 35.5. The van der Waals surface area contributed by atoms with Gasteiger partial charge in [-0.25, -0.2) is 14.2 Å². The van der Waals surface area contributed by atoms with E-state index in [0.29, 0.717) is 15.4 Å². The van der Waals surface area contributed by atoms with E-state index in [1.54, 1.807) is 29.6 Å². The number of thiophene rings is 1. The van der Waals surface area contributed by atoms with E-state index in [4.69, 9.17) is 11.6 Å². The number of aromatic amines is 1. The summed E-state index contributed by atoms with van der Waals surface area (Å²) < 4.78 is 0.740. The number of carboxylic acid groups (broad SMARTS) is 1. The molecule has 3 rings (SSSR count). The second kappa shape index (κ2) is 5.61. The molecule has 0 aliphatic carbocycles. The lowest BCUT2D eigenvalue weighted by Gasteiger charge is -2.21. The first kappa shape index (κ1) is 16.5. The van der Waals surface area contributed by atoms with Gasteiger partial charge in [0.1, 0.15) is 10.4 Å². The molecular formula is C16H13ClN2O4S. The maximum Gasteiger partial charge on any atom is 0.330 e. The number of carbonyl (C=O) groups is 1. The van der Waals surface area contributed by atoms with Crippen molar-refractivity contribution >= 4 is 39.1 Å². The van der Waals surface area contributed by atoms with Gasteiger partial charge in [-0.15, -0.1) is 11.3 Å². The SMILES string of the molecule is CC(C)(C(=O)O)n1c(=O)[nH]c2scc(-c3ccc(Cl)cc3)c2c1=O. The molecule has 0 spiro atoms. The molecule has 0 saturated carbocycles. The van der Waals surface area contributed by atoms with Crippen molar-refractivity contribution in [2.45, 2.75) is 19.4 Å². The molecule has 1 aromatic carbocycles. The van der Waals surface area contributed by atoms with Gasteiger partial charge in [0.05, 0.1) is 5.39 Å². The highest BCUT2D eigenvalue weighted by Gasteiger charge is 2.33. The van der Waals surface area contributed by atoms with Crippen LogP contribution in [0.3, 0.4) is 0 Å². The fourth-order valence-corrected chi connectivity index (χ4v) is 3.54. The number of aromatic nitrogens is 2. The average Bonchev–Trinajstić information content (AvgIpc) is 2.91. The maximum absolute atomic E-state index is 12.9. The number of hydrogen-bond donors (Lipinski definition) is 2. The molecule has 0 saturated heterocycles. The summed E-state index contributed by atoms with van der Waals surface area (Å²) in [6.07, 6.45) is 0. The molecule has 2 aromatic heterocycles. The largest absolute Gasteiger partial charge is 0.480 e. The Hall–Kier alpha value is -2.38. The molecule has 2 N–H and O–H groups in total. The lowest BCUT2D eigenvalue weighted by atomic mass is 10.0. The van der Waals surface area contributed by atoms with E-state index in [2.05, 4.69) is 4.98 Å². The van der Waals surface area contributed by atoms with Gasteiger partial charge in [0.25, 0.3) is 5.56 Å². The standard InChI is InChI=1S/C16H13ClN2O4S/c1-16(2,14(21)22)19-13(20)11-10(7-24-12(11)18-15(19)23)8-3-5-9(17)6-4-8/h3-7H,1-2H3,(H,18,23)(H,21,22). The number of carboxylic acids is 1. The Morgan fingerprint density at radius 2 is 1.88 bits per heavy atom. The monoisotopic (exact) mass is 364 g/mol. The predicted octanol–water partition coefficient (Wildman–Crippen LogP) is 2.89. The lowest BCUT2D eigenvalue weighted by molar-refractivity contribution is -0.146. The van der Waals surface area contributed by atoms with Crippen LogP contribution in [0.15, 0.2) is 39.2 Å². The first-order chi connectivity index (χ1) is 11.2. The number of hydrogen-bond acceptors (Lipinski definition) is 4. The number of nitrogens with zero attached hydrogens (tertiary/aromatic N) is 1. The van der Waals surface area contributed by atoms with E-state index in [9.17, 15) is 19.5 Å². The van der Waals surface area contributed by atoms with E-state index in [-0.39, 0.29) is 5.39 Å². The minimum absolute atomic E-state index is 0.288. The number of H-pyrrole nitrogens is 1. The van der Waals surface area contributed by atoms with E-state index in [1.165, 1.54) is 25.2 Å². The van der Waals surface area contributed by atoms with Gasteiger partial charge in [-0.3, -0.25) is 9.78 Å². The van der Waals surface area contributed by atoms with Crippen LogP contribution in [0.25, 0.3) is 21.3 Å². The summed E-state index contributed by atoms with van der Waals surface area (Å²) >= 11 is 7.11. The maximum atomic E-state index is 12.9. The molecule has 0 bridgehead atoms. The third kappa shape index (κ3) is 2.46. The van der Waals surface area contributed by atoms with Gasteiger partial charge < -0.3 is 5.11 Å². The molecular weight excluding hydrogens is 352 g/mol. The van der Waals surface area contributed by atoms with Crippen molar-refractivity contribution in [3.63, 3.8) is 0 Å². The third-order valence-corrected chi connectivity index (χ3v) is 5.02. The number of benzene rings is 1. The van der Waals surface area contributed by atoms with Gasteiger partial charge in [-0.05, 0) is 31.5 Å². The van der Waals surface area contributed by atoms with Crippen LogP contribution in [0.1, 0.15) is 13.8 Å². The highest BCUT2D eigenvalue weighted by Crippen LogP contribution is 2.31. The van der Waals surface area contributed by atoms with Gasteiger partial charge in [-0.2, -0.15) is 0 Å². The van der Waals surface area contributed by atoms with E-state index in [1.807, 2.05) is 0 Å². The van der Waals surface area contributed by atoms with Crippen LogP contribution < -0.4 is 11.2 Å². The van der Waals surface area contributed by atoms with Gasteiger partial charge in [-0.1, -0.05) is 23.7 Å². The zero-order valence-electron chi connectivity index (χ0n) is 12.8. The van der Waals surface area contributed by atoms with E-state index >= 15 is 0 Å². The van der Waals surface area contributed by atoms with Crippen molar-refractivity contribution < 1.29 is 9.90 Å². The number of halogens is 1. The molecule has 24 heavy (non-hydrogen) atoms. The third-order valence-electron chi connectivity index (χ3n) is 3.87. The molecule has 0 unspecified atom stereocenters. The van der Waals surface area contributed by atoms with Crippen LogP contribution in [-0.4, -0.2) is 20.6 Å². The van der Waals surface area contributed by atoms with Crippen molar-refractivity contribution in [1.29, 1.82) is 0 Å². The fraction of sp³-hybridized carbons (Fsp3) is 0.188. The van der Waals surface area contributed by atoms with E-state index < -0.39 is 22.8 Å². The van der Waals surface area contributed by atoms with Crippen LogP contribution in [0.5, 0.6) is 0 Å². The van der Waals surface area contributed by atoms with Crippen molar-refractivity contribution in [2.24, 2.45) is 0 Å². The minimum atomic E-state index is -1.67. The first-order valence-electron chi connectivity index (χ1n) is 7.00. The van der Waals surface area contributed by atoms with Crippen LogP contribution in [0, 0.1) is 0 Å². The molecule has 0 atom stereocenters. The Morgan fingerprint density at radius 3 is 2.46 bits per heavy atom. The normalized spacial score (nSPS) is 11.8. The molecule has 0 amide bonds. The van der Waals surface area contributed by atoms with Crippen molar-refractivity contribution in [3.8, 4) is 11.1 Å². The number of rotatable bonds is 3. The number of nitrogens with one attached hydrogen (secondary N) is 1. The average molecular weight is 365 g/mol. The van der Waals surface area contributed by atoms with Crippen LogP contribution in [-0.2, 0) is 10.3 Å². The Bertz CT molecular complexity index is 1060. The van der Waals surface area contributed by atoms with Crippen LogP contribution >= 0.6 is 22.9 Å². The van der Waals surface area contributed by atoms with Gasteiger partial charge >= 0.3 is 11.7 Å². The summed E-state index contributed by atoms with van der Waals surface area (Å²) in [7, 11) is 0. The van der Waals surface area contributed by atoms with Crippen LogP contribution in [0.4, 0.5) is 0 Å². The Balaban J connectivity index is 2.37. The summed E-state index contributed by atoms with van der Waals surface area (Å²) in [6.45, 7) is 2.62. The lowest BCUT2D eigenvalue weighted by Crippen LogP contribution is -2.50. The summed E-state index contributed by atoms with van der Waals surface area (Å²) in [4.78, 5) is 39.6. The van der Waals surface area contributed by atoms with Crippen LogP contribution in [0.2, 0.25) is 5.02 Å². The highest BCUT2D eigenvalue weighted by molar-refractivity contribution is 7.17. The molecule has 0 aliphatic rings. The molecule has 8 heteroatoms. The zero-order valence-corrected chi connectivity index (χ0v) is 14.4. The molecule has 124 valence electrons. The second-order valence-electron chi connectivity index (χ2n) is 5.80. The molecule has 0 fully saturated rings. The number of aliphatic carboxylic acids is 1. The van der Waals surface area contributed by atoms with Crippen molar-refractivity contribution in [3.05, 3.63) is 55.5 Å². The van der Waals surface area contributed by atoms with Crippen molar-refractivity contribution in [1.82, 2.24) is 9.55 Å². The molecule has 3 aromatic rings. The summed E-state index contributed by atoms with van der Waals surface area (Å²) in [5.74, 6) is -1.27. The molecule has 0 aliphatic heterocycles. The quantitative estimate of drug-likeness (QED) is 0.747. The van der Waals surface area contributed by atoms with E-state index in [0.717, 1.165) is 10.1 Å². The minimum Gasteiger partial charge on any atom is -0.480 e. The fourth-order valence-electron chi connectivity index (χ4n) is 2.46. The van der Waals surface area contributed by atoms with Gasteiger partial charge in [0.15, 0.2) is 0 Å². The van der Waals surface area contributed by atoms with Gasteiger partial charge in [0.2, 0.25) is 0 Å². The summed E-state index contributed by atoms with van der Waals surface area (Å²) in [5.41, 5.74) is -1.66. The van der Waals surface area contributed by atoms with Crippen molar-refractivity contribution in [2.75, 3.05) is 0 Å². The molecule has 6 nitrogen and oxygen atoms in total. The summed E-state index contributed by atoms with van der Waals surface area (Å²) in [6, 6.07) is 6.93. The molecule has 2 heterocycles. The number of fused-ring (bicyclic) bond motifs is 1. The first-order valence-corrected chi connectivity index (χ1v) is 8.25. The topological polar surface area (TPSA) is 92.2 Å². The second-order valence-corrected chi connectivity index (χ2v) is 7.11.